The number of carbonyl (C=O) groups is 1. The fourth-order valence-corrected chi connectivity index (χ4v) is 3.80. The maximum Gasteiger partial charge on any atom is 0.276 e. The lowest BCUT2D eigenvalue weighted by molar-refractivity contribution is -0.385. The van der Waals surface area contributed by atoms with Crippen LogP contribution in [0.25, 0.3) is 6.08 Å². The van der Waals surface area contributed by atoms with Crippen molar-refractivity contribution < 1.29 is 18.1 Å². The molecule has 3 aromatic rings. The maximum atomic E-state index is 13.3. The summed E-state index contributed by atoms with van der Waals surface area (Å²) in [5.41, 5.74) is 0.878. The van der Waals surface area contributed by atoms with Gasteiger partial charge >= 0.3 is 0 Å². The maximum absolute atomic E-state index is 13.3. The molecule has 0 saturated carbocycles. The molecule has 2 heterocycles. The zero-order chi connectivity index (χ0) is 22.6. The minimum atomic E-state index is -3.76. The molecule has 0 aliphatic carbocycles. The van der Waals surface area contributed by atoms with Crippen molar-refractivity contribution in [3.63, 3.8) is 0 Å². The third-order valence-corrected chi connectivity index (χ3v) is 5.42. The summed E-state index contributed by atoms with van der Waals surface area (Å²) in [5.74, 6) is -0.526. The molecule has 0 atom stereocenters. The molecule has 158 valence electrons. The summed E-state index contributed by atoms with van der Waals surface area (Å²) in [6.07, 6.45) is 6.54. The van der Waals surface area contributed by atoms with Gasteiger partial charge in [0.2, 0.25) is 0 Å². The third kappa shape index (κ3) is 4.81. The summed E-state index contributed by atoms with van der Waals surface area (Å²) < 4.78 is 24.6. The SMILES string of the molecule is C=Cc1ccc(CN(C(=O)c2cccnc2)c2cccnc2S(C)(=O)=O)cc1[N+](=O)[O-]. The fraction of sp³-hybridized carbons (Fsp3) is 0.0952. The van der Waals surface area contributed by atoms with Gasteiger partial charge in [0.15, 0.2) is 14.9 Å². The van der Waals surface area contributed by atoms with E-state index in [1.54, 1.807) is 18.2 Å². The Bertz CT molecular complexity index is 1260. The highest BCUT2D eigenvalue weighted by Crippen LogP contribution is 2.28. The van der Waals surface area contributed by atoms with Crippen LogP contribution < -0.4 is 4.90 Å². The fourth-order valence-electron chi connectivity index (χ4n) is 2.99. The van der Waals surface area contributed by atoms with Crippen molar-refractivity contribution in [2.24, 2.45) is 0 Å². The number of nitro groups is 1. The number of amides is 1. The summed E-state index contributed by atoms with van der Waals surface area (Å²) in [6.45, 7) is 3.44. The first-order valence-electron chi connectivity index (χ1n) is 8.99. The zero-order valence-electron chi connectivity index (χ0n) is 16.5. The lowest BCUT2D eigenvalue weighted by Gasteiger charge is -2.24. The van der Waals surface area contributed by atoms with E-state index >= 15 is 0 Å². The molecule has 0 aliphatic rings. The number of pyridine rings is 2. The van der Waals surface area contributed by atoms with Gasteiger partial charge in [0, 0.05) is 30.9 Å². The van der Waals surface area contributed by atoms with E-state index in [1.807, 2.05) is 0 Å². The van der Waals surface area contributed by atoms with Gasteiger partial charge in [0.05, 0.1) is 28.3 Å². The second kappa shape index (κ2) is 8.84. The number of aromatic nitrogens is 2. The van der Waals surface area contributed by atoms with Gasteiger partial charge in [-0.05, 0) is 35.9 Å². The molecular formula is C21H18N4O5S. The highest BCUT2D eigenvalue weighted by molar-refractivity contribution is 7.90. The molecule has 0 unspecified atom stereocenters. The summed E-state index contributed by atoms with van der Waals surface area (Å²) in [5, 5.41) is 11.1. The number of hydrogen-bond donors (Lipinski definition) is 0. The van der Waals surface area contributed by atoms with Crippen molar-refractivity contribution in [3.05, 3.63) is 94.4 Å². The summed E-state index contributed by atoms with van der Waals surface area (Å²) in [7, 11) is -3.76. The summed E-state index contributed by atoms with van der Waals surface area (Å²) in [4.78, 5) is 33.2. The molecule has 9 nitrogen and oxygen atoms in total. The Labute approximate surface area is 178 Å². The molecule has 3 rings (SSSR count). The van der Waals surface area contributed by atoms with Crippen molar-refractivity contribution in [1.82, 2.24) is 9.97 Å². The Morgan fingerprint density at radius 3 is 2.58 bits per heavy atom. The highest BCUT2D eigenvalue weighted by atomic mass is 32.2. The Balaban J connectivity index is 2.15. The van der Waals surface area contributed by atoms with E-state index in [-0.39, 0.29) is 28.5 Å². The van der Waals surface area contributed by atoms with Gasteiger partial charge in [-0.15, -0.1) is 0 Å². The molecule has 2 aromatic heterocycles. The van der Waals surface area contributed by atoms with Crippen molar-refractivity contribution in [2.75, 3.05) is 11.2 Å². The molecule has 0 aliphatic heterocycles. The smallest absolute Gasteiger partial charge is 0.276 e. The van der Waals surface area contributed by atoms with E-state index in [4.69, 9.17) is 0 Å². The molecule has 0 saturated heterocycles. The van der Waals surface area contributed by atoms with E-state index in [0.717, 1.165) is 6.26 Å². The molecule has 0 spiro atoms. The average molecular weight is 438 g/mol. The summed E-state index contributed by atoms with van der Waals surface area (Å²) in [6, 6.07) is 10.6. The van der Waals surface area contributed by atoms with Crippen LogP contribution in [0.15, 0.2) is 72.7 Å². The van der Waals surface area contributed by atoms with Crippen LogP contribution in [0.2, 0.25) is 0 Å². The first-order chi connectivity index (χ1) is 14.7. The average Bonchev–Trinajstić information content (AvgIpc) is 2.77. The standard InChI is InChI=1S/C21H18N4O5S/c1-3-16-9-8-15(12-19(16)25(27)28)14-24(21(26)17-6-4-10-22-13-17)18-7-5-11-23-20(18)31(2,29)30/h3-13H,1,14H2,2H3. The van der Waals surface area contributed by atoms with Gasteiger partial charge in [-0.25, -0.2) is 13.4 Å². The van der Waals surface area contributed by atoms with Gasteiger partial charge in [-0.3, -0.25) is 19.9 Å². The van der Waals surface area contributed by atoms with Crippen LogP contribution in [0.5, 0.6) is 0 Å². The largest absolute Gasteiger partial charge is 0.301 e. The third-order valence-electron chi connectivity index (χ3n) is 4.40. The second-order valence-electron chi connectivity index (χ2n) is 6.59. The highest BCUT2D eigenvalue weighted by Gasteiger charge is 2.26. The van der Waals surface area contributed by atoms with Crippen molar-refractivity contribution in [2.45, 2.75) is 11.6 Å². The minimum absolute atomic E-state index is 0.0642. The Kier molecular flexibility index (Phi) is 6.21. The van der Waals surface area contributed by atoms with Crippen molar-refractivity contribution >= 4 is 33.2 Å². The molecule has 10 heteroatoms. The Morgan fingerprint density at radius 2 is 1.97 bits per heavy atom. The van der Waals surface area contributed by atoms with E-state index in [9.17, 15) is 23.3 Å². The van der Waals surface area contributed by atoms with Crippen LogP contribution >= 0.6 is 0 Å². The normalized spacial score (nSPS) is 11.0. The van der Waals surface area contributed by atoms with Gasteiger partial charge in [-0.1, -0.05) is 18.7 Å². The minimum Gasteiger partial charge on any atom is -0.301 e. The summed E-state index contributed by atoms with van der Waals surface area (Å²) >= 11 is 0. The molecule has 31 heavy (non-hydrogen) atoms. The lowest BCUT2D eigenvalue weighted by Crippen LogP contribution is -2.32. The number of anilines is 1. The number of nitrogens with zero attached hydrogens (tertiary/aromatic N) is 4. The van der Waals surface area contributed by atoms with Crippen molar-refractivity contribution in [3.8, 4) is 0 Å². The van der Waals surface area contributed by atoms with Crippen LogP contribution in [0.1, 0.15) is 21.5 Å². The predicted molar refractivity (Wildman–Crippen MR) is 115 cm³/mol. The topological polar surface area (TPSA) is 123 Å². The predicted octanol–water partition coefficient (Wildman–Crippen LogP) is 3.28. The number of rotatable bonds is 7. The molecule has 1 aromatic carbocycles. The quantitative estimate of drug-likeness (QED) is 0.409. The number of benzene rings is 1. The molecule has 1 amide bonds. The number of sulfone groups is 1. The van der Waals surface area contributed by atoms with Crippen LogP contribution in [-0.4, -0.2) is 35.5 Å². The molecule has 0 bridgehead atoms. The first kappa shape index (κ1) is 21.8. The van der Waals surface area contributed by atoms with E-state index in [0.29, 0.717) is 11.1 Å². The van der Waals surface area contributed by atoms with E-state index < -0.39 is 20.7 Å². The zero-order valence-corrected chi connectivity index (χ0v) is 17.3. The van der Waals surface area contributed by atoms with Gasteiger partial charge in [0.25, 0.3) is 11.6 Å². The first-order valence-corrected chi connectivity index (χ1v) is 10.9. The van der Waals surface area contributed by atoms with E-state index in [1.165, 1.54) is 53.8 Å². The monoisotopic (exact) mass is 438 g/mol. The number of hydrogen-bond acceptors (Lipinski definition) is 7. The van der Waals surface area contributed by atoms with E-state index in [2.05, 4.69) is 16.5 Å². The Morgan fingerprint density at radius 1 is 1.23 bits per heavy atom. The second-order valence-corrected chi connectivity index (χ2v) is 8.52. The number of carbonyl (C=O) groups excluding carboxylic acids is 1. The number of nitro benzene ring substituents is 1. The molecular weight excluding hydrogens is 420 g/mol. The molecule has 0 fully saturated rings. The van der Waals surface area contributed by atoms with Gasteiger partial charge < -0.3 is 4.90 Å². The van der Waals surface area contributed by atoms with Crippen LogP contribution in [0.3, 0.4) is 0 Å². The molecule has 0 N–H and O–H groups in total. The van der Waals surface area contributed by atoms with Crippen LogP contribution in [0.4, 0.5) is 11.4 Å². The van der Waals surface area contributed by atoms with Gasteiger partial charge in [0.1, 0.15) is 0 Å². The van der Waals surface area contributed by atoms with Crippen molar-refractivity contribution in [1.29, 1.82) is 0 Å². The lowest BCUT2D eigenvalue weighted by atomic mass is 10.1. The molecule has 0 radical (unpaired) electrons. The Hall–Kier alpha value is -3.92. The van der Waals surface area contributed by atoms with Crippen LogP contribution in [-0.2, 0) is 16.4 Å². The van der Waals surface area contributed by atoms with Crippen LogP contribution in [0, 0.1) is 10.1 Å². The van der Waals surface area contributed by atoms with Gasteiger partial charge in [-0.2, -0.15) is 0 Å².